The van der Waals surface area contributed by atoms with E-state index in [4.69, 9.17) is 4.74 Å². The summed E-state index contributed by atoms with van der Waals surface area (Å²) >= 11 is 0. The number of rotatable bonds is 3. The Bertz CT molecular complexity index is 1070. The van der Waals surface area contributed by atoms with Gasteiger partial charge in [-0.2, -0.15) is 9.61 Å². The summed E-state index contributed by atoms with van der Waals surface area (Å²) in [4.78, 5) is 20.1. The topological polar surface area (TPSA) is 72.3 Å². The number of fused-ring (bicyclic) bond motifs is 1. The number of hydrogen-bond acceptors (Lipinski definition) is 4. The molecule has 0 amide bonds. The maximum absolute atomic E-state index is 12.4. The zero-order valence-electron chi connectivity index (χ0n) is 12.9. The predicted molar refractivity (Wildman–Crippen MR) is 91.0 cm³/mol. The first-order valence-corrected chi connectivity index (χ1v) is 7.44. The van der Waals surface area contributed by atoms with E-state index in [9.17, 15) is 4.79 Å². The third-order valence-corrected chi connectivity index (χ3v) is 3.84. The van der Waals surface area contributed by atoms with Crippen LogP contribution in [-0.2, 0) is 0 Å². The lowest BCUT2D eigenvalue weighted by atomic mass is 10.1. The Hall–Kier alpha value is -3.41. The number of aromatic amines is 1. The first-order chi connectivity index (χ1) is 11.8. The predicted octanol–water partition coefficient (Wildman–Crippen LogP) is 2.76. The Morgan fingerprint density at radius 1 is 1.08 bits per heavy atom. The fourth-order valence-corrected chi connectivity index (χ4v) is 2.71. The van der Waals surface area contributed by atoms with E-state index in [1.165, 1.54) is 10.6 Å². The number of para-hydroxylation sites is 1. The summed E-state index contributed by atoms with van der Waals surface area (Å²) in [6.45, 7) is 0. The van der Waals surface area contributed by atoms with Gasteiger partial charge in [0.05, 0.1) is 30.3 Å². The van der Waals surface area contributed by atoms with Gasteiger partial charge in [-0.3, -0.25) is 9.78 Å². The number of pyridine rings is 1. The number of nitrogens with one attached hydrogen (secondary N) is 1. The number of aromatic nitrogens is 4. The van der Waals surface area contributed by atoms with Gasteiger partial charge in [0.25, 0.3) is 5.56 Å². The van der Waals surface area contributed by atoms with Crippen LogP contribution in [0.15, 0.2) is 65.7 Å². The molecule has 0 aliphatic rings. The molecule has 1 aromatic carbocycles. The van der Waals surface area contributed by atoms with Crippen molar-refractivity contribution in [3.8, 4) is 28.3 Å². The summed E-state index contributed by atoms with van der Waals surface area (Å²) in [5.74, 6) is 0.691. The van der Waals surface area contributed by atoms with Crippen molar-refractivity contribution in [2.75, 3.05) is 7.11 Å². The third kappa shape index (κ3) is 2.25. The average Bonchev–Trinajstić information content (AvgIpc) is 3.07. The first-order valence-electron chi connectivity index (χ1n) is 7.44. The number of nitrogens with zero attached hydrogens (tertiary/aromatic N) is 3. The Balaban J connectivity index is 1.98. The van der Waals surface area contributed by atoms with Crippen molar-refractivity contribution in [3.63, 3.8) is 0 Å². The molecule has 1 N–H and O–H groups in total. The quantitative estimate of drug-likeness (QED) is 0.630. The summed E-state index contributed by atoms with van der Waals surface area (Å²) in [7, 11) is 1.60. The zero-order chi connectivity index (χ0) is 16.5. The molecule has 4 aromatic rings. The second kappa shape index (κ2) is 5.66. The summed E-state index contributed by atoms with van der Waals surface area (Å²) in [6.07, 6.45) is 3.35. The Morgan fingerprint density at radius 3 is 2.71 bits per heavy atom. The van der Waals surface area contributed by atoms with Crippen molar-refractivity contribution in [1.29, 1.82) is 0 Å². The molecule has 0 radical (unpaired) electrons. The normalized spacial score (nSPS) is 10.9. The van der Waals surface area contributed by atoms with Gasteiger partial charge in [0.1, 0.15) is 11.4 Å². The van der Waals surface area contributed by atoms with E-state index < -0.39 is 0 Å². The van der Waals surface area contributed by atoms with E-state index in [1.807, 2.05) is 42.5 Å². The number of H-pyrrole nitrogens is 1. The standard InChI is InChI=1S/C18H14N4O2/c1-24-16-8-3-2-6-12(16)15-10-17(23)22-18(21-15)13(11-20-22)14-7-4-5-9-19-14/h2-11,21H,1H3. The zero-order valence-corrected chi connectivity index (χ0v) is 12.9. The van der Waals surface area contributed by atoms with Crippen LogP contribution in [0, 0.1) is 0 Å². The molecule has 0 saturated carbocycles. The second-order valence-corrected chi connectivity index (χ2v) is 5.26. The van der Waals surface area contributed by atoms with Gasteiger partial charge in [-0.1, -0.05) is 18.2 Å². The van der Waals surface area contributed by atoms with E-state index in [-0.39, 0.29) is 5.56 Å². The summed E-state index contributed by atoms with van der Waals surface area (Å²) < 4.78 is 6.73. The maximum atomic E-state index is 12.4. The molecule has 6 heteroatoms. The smallest absolute Gasteiger partial charge is 0.274 e. The third-order valence-electron chi connectivity index (χ3n) is 3.84. The molecule has 0 spiro atoms. The number of hydrogen-bond donors (Lipinski definition) is 1. The molecule has 6 nitrogen and oxygen atoms in total. The molecule has 118 valence electrons. The molecule has 0 atom stereocenters. The molecule has 0 aliphatic carbocycles. The highest BCUT2D eigenvalue weighted by Crippen LogP contribution is 2.29. The fourth-order valence-electron chi connectivity index (χ4n) is 2.71. The minimum Gasteiger partial charge on any atom is -0.496 e. The lowest BCUT2D eigenvalue weighted by molar-refractivity contribution is 0.416. The van der Waals surface area contributed by atoms with Crippen LogP contribution in [0.2, 0.25) is 0 Å². The Morgan fingerprint density at radius 2 is 1.92 bits per heavy atom. The van der Waals surface area contributed by atoms with Crippen molar-refractivity contribution in [2.45, 2.75) is 0 Å². The van der Waals surface area contributed by atoms with Gasteiger partial charge in [0, 0.05) is 17.8 Å². The number of benzene rings is 1. The van der Waals surface area contributed by atoms with E-state index in [0.29, 0.717) is 17.1 Å². The van der Waals surface area contributed by atoms with Crippen molar-refractivity contribution in [2.24, 2.45) is 0 Å². The van der Waals surface area contributed by atoms with Gasteiger partial charge in [-0.05, 0) is 24.3 Å². The molecular weight excluding hydrogens is 304 g/mol. The molecule has 4 rings (SSSR count). The molecular formula is C18H14N4O2. The second-order valence-electron chi connectivity index (χ2n) is 5.26. The van der Waals surface area contributed by atoms with Crippen LogP contribution in [0.3, 0.4) is 0 Å². The van der Waals surface area contributed by atoms with Gasteiger partial charge in [0.2, 0.25) is 0 Å². The van der Waals surface area contributed by atoms with Crippen LogP contribution in [0.4, 0.5) is 0 Å². The fraction of sp³-hybridized carbons (Fsp3) is 0.0556. The summed E-state index contributed by atoms with van der Waals surface area (Å²) in [6, 6.07) is 14.7. The highest BCUT2D eigenvalue weighted by Gasteiger charge is 2.13. The number of methoxy groups -OCH3 is 1. The van der Waals surface area contributed by atoms with Crippen LogP contribution in [0.5, 0.6) is 5.75 Å². The average molecular weight is 318 g/mol. The van der Waals surface area contributed by atoms with E-state index >= 15 is 0 Å². The van der Waals surface area contributed by atoms with Crippen molar-refractivity contribution in [3.05, 3.63) is 71.3 Å². The molecule has 0 bridgehead atoms. The van der Waals surface area contributed by atoms with Crippen molar-refractivity contribution in [1.82, 2.24) is 19.6 Å². The van der Waals surface area contributed by atoms with Gasteiger partial charge < -0.3 is 9.72 Å². The van der Waals surface area contributed by atoms with Crippen LogP contribution in [0.25, 0.3) is 28.2 Å². The van der Waals surface area contributed by atoms with Crippen LogP contribution < -0.4 is 10.3 Å². The van der Waals surface area contributed by atoms with Crippen LogP contribution >= 0.6 is 0 Å². The lowest BCUT2D eigenvalue weighted by Crippen LogP contribution is -2.14. The lowest BCUT2D eigenvalue weighted by Gasteiger charge is -2.09. The van der Waals surface area contributed by atoms with Gasteiger partial charge in [0.15, 0.2) is 0 Å². The highest BCUT2D eigenvalue weighted by atomic mass is 16.5. The van der Waals surface area contributed by atoms with Crippen LogP contribution in [0.1, 0.15) is 0 Å². The van der Waals surface area contributed by atoms with E-state index in [1.54, 1.807) is 19.5 Å². The molecule has 0 fully saturated rings. The molecule has 3 heterocycles. The van der Waals surface area contributed by atoms with Gasteiger partial charge >= 0.3 is 0 Å². The monoisotopic (exact) mass is 318 g/mol. The van der Waals surface area contributed by atoms with E-state index in [0.717, 1.165) is 16.8 Å². The van der Waals surface area contributed by atoms with Crippen molar-refractivity contribution < 1.29 is 4.74 Å². The van der Waals surface area contributed by atoms with Crippen molar-refractivity contribution >= 4 is 5.65 Å². The molecule has 0 unspecified atom stereocenters. The Labute approximate surface area is 137 Å². The Kier molecular flexibility index (Phi) is 3.35. The van der Waals surface area contributed by atoms with Crippen LogP contribution in [-0.4, -0.2) is 26.7 Å². The van der Waals surface area contributed by atoms with Gasteiger partial charge in [-0.25, -0.2) is 0 Å². The van der Waals surface area contributed by atoms with Gasteiger partial charge in [-0.15, -0.1) is 0 Å². The molecule has 3 aromatic heterocycles. The largest absolute Gasteiger partial charge is 0.496 e. The van der Waals surface area contributed by atoms with E-state index in [2.05, 4.69) is 15.1 Å². The first kappa shape index (κ1) is 14.2. The minimum absolute atomic E-state index is 0.216. The SMILES string of the molecule is COc1ccccc1-c1cc(=O)n2ncc(-c3ccccn3)c2[nH]1. The molecule has 0 saturated heterocycles. The minimum atomic E-state index is -0.216. The summed E-state index contributed by atoms with van der Waals surface area (Å²) in [5, 5.41) is 4.17. The maximum Gasteiger partial charge on any atom is 0.274 e. The summed E-state index contributed by atoms with van der Waals surface area (Å²) in [5.41, 5.74) is 3.38. The highest BCUT2D eigenvalue weighted by molar-refractivity contribution is 5.77. The number of ether oxygens (including phenoxy) is 1. The molecule has 0 aliphatic heterocycles. The molecule has 24 heavy (non-hydrogen) atoms.